The zero-order valence-electron chi connectivity index (χ0n) is 15.5. The molecule has 0 aliphatic heterocycles. The normalized spacial score (nSPS) is 10.8. The molecule has 1 aromatic heterocycles. The molecule has 0 saturated carbocycles. The van der Waals surface area contributed by atoms with E-state index in [1.54, 1.807) is 44.7 Å². The number of aryl methyl sites for hydroxylation is 1. The van der Waals surface area contributed by atoms with Crippen LogP contribution in [0.4, 0.5) is 0 Å². The maximum atomic E-state index is 12.2. The number of carbonyl (C=O) groups excluding carboxylic acids is 1. The summed E-state index contributed by atoms with van der Waals surface area (Å²) in [6.45, 7) is 2.01. The molecule has 1 N–H and O–H groups in total. The number of nitrogens with zero attached hydrogens (tertiary/aromatic N) is 2. The Morgan fingerprint density at radius 3 is 2.11 bits per heavy atom. The molecule has 0 bridgehead atoms. The zero-order chi connectivity index (χ0) is 19.2. The summed E-state index contributed by atoms with van der Waals surface area (Å²) in [5.41, 5.74) is 5.96. The summed E-state index contributed by atoms with van der Waals surface area (Å²) in [5.74, 6) is 1.21. The van der Waals surface area contributed by atoms with E-state index in [0.717, 1.165) is 22.8 Å². The molecule has 138 valence electrons. The van der Waals surface area contributed by atoms with Gasteiger partial charge in [-0.05, 0) is 67.6 Å². The van der Waals surface area contributed by atoms with Crippen LogP contribution in [0.25, 0.3) is 5.69 Å². The standard InChI is InChI=1S/C21H21N3O3/c1-15-4-7-18(24(15)17-8-12-20(27-3)13-9-17)14-22-23-21(25)16-5-10-19(26-2)11-6-16/h4-14H,1-3H3,(H,23,25)/b22-14+. The van der Waals surface area contributed by atoms with Gasteiger partial charge in [-0.25, -0.2) is 5.43 Å². The number of ether oxygens (including phenoxy) is 2. The molecule has 6 heteroatoms. The summed E-state index contributed by atoms with van der Waals surface area (Å²) in [5, 5.41) is 4.09. The maximum Gasteiger partial charge on any atom is 0.271 e. The molecule has 0 fully saturated rings. The Hall–Kier alpha value is -3.54. The number of hydrogen-bond acceptors (Lipinski definition) is 4. The van der Waals surface area contributed by atoms with Crippen LogP contribution in [0, 0.1) is 6.92 Å². The first kappa shape index (κ1) is 18.3. The molecule has 2 aromatic carbocycles. The molecule has 3 aromatic rings. The fourth-order valence-electron chi connectivity index (χ4n) is 2.71. The van der Waals surface area contributed by atoms with Gasteiger partial charge in [0.25, 0.3) is 5.91 Å². The van der Waals surface area contributed by atoms with Gasteiger partial charge in [-0.2, -0.15) is 5.10 Å². The molecule has 0 aliphatic rings. The van der Waals surface area contributed by atoms with Gasteiger partial charge in [0.1, 0.15) is 11.5 Å². The highest BCUT2D eigenvalue weighted by atomic mass is 16.5. The Morgan fingerprint density at radius 2 is 1.52 bits per heavy atom. The topological polar surface area (TPSA) is 64.8 Å². The van der Waals surface area contributed by atoms with Crippen LogP contribution in [-0.2, 0) is 0 Å². The smallest absolute Gasteiger partial charge is 0.271 e. The Bertz CT molecular complexity index is 942. The summed E-state index contributed by atoms with van der Waals surface area (Å²) in [7, 11) is 3.22. The molecular weight excluding hydrogens is 342 g/mol. The van der Waals surface area contributed by atoms with Crippen LogP contribution >= 0.6 is 0 Å². The van der Waals surface area contributed by atoms with E-state index in [-0.39, 0.29) is 5.91 Å². The minimum absolute atomic E-state index is 0.284. The Labute approximate surface area is 158 Å². The molecular formula is C21H21N3O3. The second kappa shape index (κ2) is 8.23. The van der Waals surface area contributed by atoms with Crippen molar-refractivity contribution in [2.75, 3.05) is 14.2 Å². The average Bonchev–Trinajstić information content (AvgIpc) is 3.08. The minimum atomic E-state index is -0.284. The third-order valence-electron chi connectivity index (χ3n) is 4.15. The third-order valence-corrected chi connectivity index (χ3v) is 4.15. The molecule has 1 heterocycles. The first-order valence-electron chi connectivity index (χ1n) is 8.42. The second-order valence-electron chi connectivity index (χ2n) is 5.86. The number of rotatable bonds is 6. The lowest BCUT2D eigenvalue weighted by atomic mass is 10.2. The fourth-order valence-corrected chi connectivity index (χ4v) is 2.71. The van der Waals surface area contributed by atoms with Gasteiger partial charge >= 0.3 is 0 Å². The van der Waals surface area contributed by atoms with E-state index >= 15 is 0 Å². The van der Waals surface area contributed by atoms with Crippen LogP contribution in [0.2, 0.25) is 0 Å². The van der Waals surface area contributed by atoms with Crippen molar-refractivity contribution in [3.05, 3.63) is 77.6 Å². The Kier molecular flexibility index (Phi) is 5.56. The van der Waals surface area contributed by atoms with Crippen molar-refractivity contribution < 1.29 is 14.3 Å². The number of methoxy groups -OCH3 is 2. The van der Waals surface area contributed by atoms with Crippen molar-refractivity contribution in [1.82, 2.24) is 9.99 Å². The molecule has 0 unspecified atom stereocenters. The molecule has 6 nitrogen and oxygen atoms in total. The quantitative estimate of drug-likeness (QED) is 0.538. The van der Waals surface area contributed by atoms with Gasteiger partial charge in [-0.15, -0.1) is 0 Å². The van der Waals surface area contributed by atoms with E-state index < -0.39 is 0 Å². The van der Waals surface area contributed by atoms with Crippen LogP contribution in [0.1, 0.15) is 21.7 Å². The predicted octanol–water partition coefficient (Wildman–Crippen LogP) is 3.57. The average molecular weight is 363 g/mol. The van der Waals surface area contributed by atoms with E-state index in [2.05, 4.69) is 10.5 Å². The summed E-state index contributed by atoms with van der Waals surface area (Å²) >= 11 is 0. The first-order valence-corrected chi connectivity index (χ1v) is 8.42. The lowest BCUT2D eigenvalue weighted by Crippen LogP contribution is -2.17. The van der Waals surface area contributed by atoms with E-state index in [0.29, 0.717) is 11.3 Å². The molecule has 27 heavy (non-hydrogen) atoms. The Morgan fingerprint density at radius 1 is 0.926 bits per heavy atom. The lowest BCUT2D eigenvalue weighted by Gasteiger charge is -2.10. The zero-order valence-corrected chi connectivity index (χ0v) is 15.5. The Balaban J connectivity index is 1.74. The van der Waals surface area contributed by atoms with Gasteiger partial charge in [-0.1, -0.05) is 0 Å². The maximum absolute atomic E-state index is 12.2. The number of aromatic nitrogens is 1. The van der Waals surface area contributed by atoms with Crippen molar-refractivity contribution >= 4 is 12.1 Å². The first-order chi connectivity index (χ1) is 13.1. The highest BCUT2D eigenvalue weighted by Gasteiger charge is 2.07. The predicted molar refractivity (Wildman–Crippen MR) is 105 cm³/mol. The number of carbonyl (C=O) groups is 1. The second-order valence-corrected chi connectivity index (χ2v) is 5.86. The van der Waals surface area contributed by atoms with Crippen molar-refractivity contribution in [2.24, 2.45) is 5.10 Å². The van der Waals surface area contributed by atoms with Gasteiger partial charge < -0.3 is 14.0 Å². The number of amides is 1. The molecule has 0 saturated heterocycles. The number of hydrogen-bond donors (Lipinski definition) is 1. The summed E-state index contributed by atoms with van der Waals surface area (Å²) in [6.07, 6.45) is 1.62. The van der Waals surface area contributed by atoms with Gasteiger partial charge in [0.15, 0.2) is 0 Å². The van der Waals surface area contributed by atoms with Gasteiger partial charge in [0.05, 0.1) is 26.1 Å². The van der Waals surface area contributed by atoms with E-state index in [4.69, 9.17) is 9.47 Å². The van der Waals surface area contributed by atoms with Gasteiger partial charge in [0, 0.05) is 16.9 Å². The fraction of sp³-hybridized carbons (Fsp3) is 0.143. The summed E-state index contributed by atoms with van der Waals surface area (Å²) < 4.78 is 12.3. The summed E-state index contributed by atoms with van der Waals surface area (Å²) in [6, 6.07) is 18.5. The van der Waals surface area contributed by atoms with Crippen molar-refractivity contribution in [1.29, 1.82) is 0 Å². The largest absolute Gasteiger partial charge is 0.497 e. The monoisotopic (exact) mass is 363 g/mol. The molecule has 3 rings (SSSR count). The van der Waals surface area contributed by atoms with Crippen LogP contribution in [-0.4, -0.2) is 30.9 Å². The van der Waals surface area contributed by atoms with Crippen LogP contribution in [0.3, 0.4) is 0 Å². The molecule has 0 radical (unpaired) electrons. The number of nitrogens with one attached hydrogen (secondary N) is 1. The highest BCUT2D eigenvalue weighted by Crippen LogP contribution is 2.19. The van der Waals surface area contributed by atoms with Crippen LogP contribution in [0.15, 0.2) is 65.8 Å². The van der Waals surface area contributed by atoms with E-state index in [9.17, 15) is 4.79 Å². The summed E-state index contributed by atoms with van der Waals surface area (Å²) in [4.78, 5) is 12.2. The van der Waals surface area contributed by atoms with Gasteiger partial charge in [-0.3, -0.25) is 4.79 Å². The molecule has 0 spiro atoms. The lowest BCUT2D eigenvalue weighted by molar-refractivity contribution is 0.0955. The van der Waals surface area contributed by atoms with Crippen molar-refractivity contribution in [3.8, 4) is 17.2 Å². The highest BCUT2D eigenvalue weighted by molar-refractivity contribution is 5.94. The minimum Gasteiger partial charge on any atom is -0.497 e. The SMILES string of the molecule is COc1ccc(C(=O)N/N=C/c2ccc(C)n2-c2ccc(OC)cc2)cc1. The van der Waals surface area contributed by atoms with Crippen LogP contribution < -0.4 is 14.9 Å². The molecule has 0 atom stereocenters. The number of hydrazone groups is 1. The molecule has 0 aliphatic carbocycles. The number of benzene rings is 2. The van der Waals surface area contributed by atoms with Gasteiger partial charge in [0.2, 0.25) is 0 Å². The van der Waals surface area contributed by atoms with Crippen LogP contribution in [0.5, 0.6) is 11.5 Å². The molecule has 1 amide bonds. The van der Waals surface area contributed by atoms with E-state index in [1.807, 2.05) is 47.9 Å². The van der Waals surface area contributed by atoms with Crippen molar-refractivity contribution in [3.63, 3.8) is 0 Å². The van der Waals surface area contributed by atoms with Crippen molar-refractivity contribution in [2.45, 2.75) is 6.92 Å². The third kappa shape index (κ3) is 4.17. The van der Waals surface area contributed by atoms with E-state index in [1.165, 1.54) is 0 Å².